The van der Waals surface area contributed by atoms with Gasteiger partial charge in [-0.25, -0.2) is 4.79 Å². The van der Waals surface area contributed by atoms with Crippen LogP contribution in [0.25, 0.3) is 10.9 Å². The van der Waals surface area contributed by atoms with Crippen LogP contribution in [0.5, 0.6) is 5.75 Å². The molecule has 1 heterocycles. The Morgan fingerprint density at radius 2 is 2.09 bits per heavy atom. The Balaban J connectivity index is 2.01. The van der Waals surface area contributed by atoms with Crippen molar-refractivity contribution in [2.75, 3.05) is 6.61 Å². The summed E-state index contributed by atoms with van der Waals surface area (Å²) in [5.41, 5.74) is 2.06. The summed E-state index contributed by atoms with van der Waals surface area (Å²) in [5, 5.41) is 11.1. The number of carbonyl (C=O) groups is 1. The molecule has 1 saturated carbocycles. The van der Waals surface area contributed by atoms with E-state index in [0.717, 1.165) is 0 Å². The summed E-state index contributed by atoms with van der Waals surface area (Å²) in [5.74, 6) is -0.0117. The van der Waals surface area contributed by atoms with Gasteiger partial charge in [0.1, 0.15) is 11.3 Å². The number of hydrogen-bond donors (Lipinski definition) is 1. The molecule has 1 aromatic carbocycles. The molecule has 0 radical (unpaired) electrons. The van der Waals surface area contributed by atoms with Crippen LogP contribution in [0.4, 0.5) is 0 Å². The molecule has 2 aromatic rings. The minimum absolute atomic E-state index is 0.0268. The summed E-state index contributed by atoms with van der Waals surface area (Å²) in [6, 6.07) is 6.00. The molecule has 1 aromatic heterocycles. The molecule has 0 amide bonds. The number of fused-ring (bicyclic) bond motifs is 1. The third-order valence-corrected chi connectivity index (χ3v) is 4.44. The van der Waals surface area contributed by atoms with E-state index in [0.29, 0.717) is 16.8 Å². The maximum absolute atomic E-state index is 11.9. The van der Waals surface area contributed by atoms with Gasteiger partial charge < -0.3 is 9.84 Å². The first-order valence-electron chi connectivity index (χ1n) is 7.99. The zero-order valence-electron chi connectivity index (χ0n) is 12.8. The molecular weight excluding hydrogens is 278 g/mol. The van der Waals surface area contributed by atoms with Gasteiger partial charge in [0.25, 0.3) is 0 Å². The van der Waals surface area contributed by atoms with E-state index in [-0.39, 0.29) is 17.9 Å². The van der Waals surface area contributed by atoms with Crippen LogP contribution in [-0.4, -0.2) is 22.7 Å². The van der Waals surface area contributed by atoms with Gasteiger partial charge in [-0.1, -0.05) is 25.3 Å². The molecule has 3 rings (SSSR count). The van der Waals surface area contributed by atoms with Crippen molar-refractivity contribution in [2.24, 2.45) is 0 Å². The van der Waals surface area contributed by atoms with E-state index < -0.39 is 5.97 Å². The highest BCUT2D eigenvalue weighted by Crippen LogP contribution is 2.36. The average molecular weight is 299 g/mol. The van der Waals surface area contributed by atoms with Crippen LogP contribution in [0.1, 0.15) is 60.9 Å². The highest BCUT2D eigenvalue weighted by atomic mass is 16.5. The van der Waals surface area contributed by atoms with Gasteiger partial charge in [0, 0.05) is 11.6 Å². The minimum atomic E-state index is -0.530. The third-order valence-electron chi connectivity index (χ3n) is 4.44. The molecular formula is C18H21NO3. The van der Waals surface area contributed by atoms with Crippen LogP contribution in [0.3, 0.4) is 0 Å². The molecule has 0 bridgehead atoms. The van der Waals surface area contributed by atoms with Gasteiger partial charge >= 0.3 is 5.97 Å². The first-order chi connectivity index (χ1) is 10.7. The number of esters is 1. The van der Waals surface area contributed by atoms with E-state index in [4.69, 9.17) is 4.74 Å². The lowest BCUT2D eigenvalue weighted by Gasteiger charge is -2.22. The second-order valence-electron chi connectivity index (χ2n) is 5.85. The lowest BCUT2D eigenvalue weighted by molar-refractivity contribution is 0.0523. The molecule has 1 N–H and O–H groups in total. The van der Waals surface area contributed by atoms with Crippen LogP contribution >= 0.6 is 0 Å². The summed E-state index contributed by atoms with van der Waals surface area (Å²) < 4.78 is 4.97. The van der Waals surface area contributed by atoms with Gasteiger partial charge in [-0.15, -0.1) is 0 Å². The van der Waals surface area contributed by atoms with Crippen molar-refractivity contribution < 1.29 is 14.6 Å². The van der Waals surface area contributed by atoms with E-state index in [1.165, 1.54) is 43.9 Å². The normalized spacial score (nSPS) is 15.9. The fraction of sp³-hybridized carbons (Fsp3) is 0.444. The minimum Gasteiger partial charge on any atom is -0.506 e. The summed E-state index contributed by atoms with van der Waals surface area (Å²) >= 11 is 0. The van der Waals surface area contributed by atoms with E-state index in [1.54, 1.807) is 6.92 Å². The zero-order chi connectivity index (χ0) is 15.5. The molecule has 0 spiro atoms. The fourth-order valence-corrected chi connectivity index (χ4v) is 3.24. The lowest BCUT2D eigenvalue weighted by Crippen LogP contribution is -2.07. The smallest absolute Gasteiger partial charge is 0.343 e. The molecule has 1 fully saturated rings. The number of carbonyl (C=O) groups excluding carboxylic acids is 1. The van der Waals surface area contributed by atoms with Gasteiger partial charge in [-0.2, -0.15) is 0 Å². The third kappa shape index (κ3) is 2.78. The predicted molar refractivity (Wildman–Crippen MR) is 85.2 cm³/mol. The SMILES string of the molecule is CCOC(=O)c1cnc2ccc(C3CCCCC3)cc2c1O. The number of benzene rings is 1. The second kappa shape index (κ2) is 6.34. The van der Waals surface area contributed by atoms with Crippen molar-refractivity contribution in [2.45, 2.75) is 44.9 Å². The lowest BCUT2D eigenvalue weighted by atomic mass is 9.83. The van der Waals surface area contributed by atoms with Gasteiger partial charge in [-0.05, 0) is 43.4 Å². The Labute approximate surface area is 130 Å². The molecule has 116 valence electrons. The number of hydrogen-bond acceptors (Lipinski definition) is 4. The monoisotopic (exact) mass is 299 g/mol. The highest BCUT2D eigenvalue weighted by molar-refractivity contribution is 5.99. The van der Waals surface area contributed by atoms with Crippen molar-refractivity contribution in [1.82, 2.24) is 4.98 Å². The first-order valence-corrected chi connectivity index (χ1v) is 7.99. The van der Waals surface area contributed by atoms with Crippen LogP contribution in [0.15, 0.2) is 24.4 Å². The van der Waals surface area contributed by atoms with Crippen molar-refractivity contribution >= 4 is 16.9 Å². The van der Waals surface area contributed by atoms with Crippen LogP contribution in [0, 0.1) is 0 Å². The largest absolute Gasteiger partial charge is 0.506 e. The van der Waals surface area contributed by atoms with E-state index in [9.17, 15) is 9.90 Å². The van der Waals surface area contributed by atoms with Gasteiger partial charge in [0.15, 0.2) is 0 Å². The van der Waals surface area contributed by atoms with Crippen molar-refractivity contribution in [3.05, 3.63) is 35.5 Å². The van der Waals surface area contributed by atoms with Crippen molar-refractivity contribution in [1.29, 1.82) is 0 Å². The molecule has 1 aliphatic rings. The maximum Gasteiger partial charge on any atom is 0.343 e. The van der Waals surface area contributed by atoms with Gasteiger partial charge in [-0.3, -0.25) is 4.98 Å². The Bertz CT molecular complexity index is 690. The Morgan fingerprint density at radius 1 is 1.32 bits per heavy atom. The molecule has 0 saturated heterocycles. The van der Waals surface area contributed by atoms with Crippen LogP contribution in [0.2, 0.25) is 0 Å². The molecule has 4 nitrogen and oxygen atoms in total. The number of ether oxygens (including phenoxy) is 1. The summed E-state index contributed by atoms with van der Waals surface area (Å²) in [6.45, 7) is 2.02. The van der Waals surface area contributed by atoms with Crippen molar-refractivity contribution in [3.8, 4) is 5.75 Å². The first kappa shape index (κ1) is 14.8. The zero-order valence-corrected chi connectivity index (χ0v) is 12.8. The molecule has 0 aliphatic heterocycles. The van der Waals surface area contributed by atoms with E-state index in [2.05, 4.69) is 11.1 Å². The van der Waals surface area contributed by atoms with Gasteiger partial charge in [0.05, 0.1) is 12.1 Å². The van der Waals surface area contributed by atoms with Crippen LogP contribution < -0.4 is 0 Å². The van der Waals surface area contributed by atoms with Gasteiger partial charge in [0.2, 0.25) is 0 Å². The summed E-state index contributed by atoms with van der Waals surface area (Å²) in [7, 11) is 0. The number of pyridine rings is 1. The topological polar surface area (TPSA) is 59.4 Å². The maximum atomic E-state index is 11.9. The molecule has 1 aliphatic carbocycles. The fourth-order valence-electron chi connectivity index (χ4n) is 3.24. The Kier molecular flexibility index (Phi) is 4.27. The quantitative estimate of drug-likeness (QED) is 0.864. The van der Waals surface area contributed by atoms with E-state index in [1.807, 2.05) is 12.1 Å². The number of nitrogens with zero attached hydrogens (tertiary/aromatic N) is 1. The standard InChI is InChI=1S/C18H21NO3/c1-2-22-18(21)15-11-19-16-9-8-13(10-14(16)17(15)20)12-6-4-3-5-7-12/h8-12H,2-7H2,1H3,(H,19,20). The predicted octanol–water partition coefficient (Wildman–Crippen LogP) is 4.16. The number of rotatable bonds is 3. The molecule has 0 atom stereocenters. The summed E-state index contributed by atoms with van der Waals surface area (Å²) in [4.78, 5) is 16.1. The average Bonchev–Trinajstić information content (AvgIpc) is 2.56. The number of aromatic nitrogens is 1. The van der Waals surface area contributed by atoms with E-state index >= 15 is 0 Å². The number of aromatic hydroxyl groups is 1. The molecule has 0 unspecified atom stereocenters. The highest BCUT2D eigenvalue weighted by Gasteiger charge is 2.19. The van der Waals surface area contributed by atoms with Crippen molar-refractivity contribution in [3.63, 3.8) is 0 Å². The Hall–Kier alpha value is -2.10. The second-order valence-corrected chi connectivity index (χ2v) is 5.85. The molecule has 4 heteroatoms. The Morgan fingerprint density at radius 3 is 2.82 bits per heavy atom. The molecule has 22 heavy (non-hydrogen) atoms. The summed E-state index contributed by atoms with van der Waals surface area (Å²) in [6.07, 6.45) is 7.60. The van der Waals surface area contributed by atoms with Crippen LogP contribution in [-0.2, 0) is 4.74 Å².